The fourth-order valence-electron chi connectivity index (χ4n) is 5.09. The molecular formula is C30H31F4N5O2. The monoisotopic (exact) mass is 569 g/mol. The maximum absolute atomic E-state index is 14.0. The van der Waals surface area contributed by atoms with E-state index in [1.165, 1.54) is 0 Å². The van der Waals surface area contributed by atoms with Gasteiger partial charge in [-0.05, 0) is 66.3 Å². The van der Waals surface area contributed by atoms with Crippen LogP contribution in [0.5, 0.6) is 0 Å². The molecule has 0 radical (unpaired) electrons. The van der Waals surface area contributed by atoms with E-state index in [0.29, 0.717) is 31.7 Å². The molecule has 11 heteroatoms. The lowest BCUT2D eigenvalue weighted by molar-refractivity contribution is -0.140. The van der Waals surface area contributed by atoms with Gasteiger partial charge in [0.15, 0.2) is 0 Å². The van der Waals surface area contributed by atoms with Gasteiger partial charge in [-0.25, -0.2) is 4.39 Å². The van der Waals surface area contributed by atoms with Crippen LogP contribution in [-0.4, -0.2) is 47.9 Å². The Kier molecular flexibility index (Phi) is 7.99. The third-order valence-electron chi connectivity index (χ3n) is 7.65. The molecule has 0 unspecified atom stereocenters. The molecule has 1 atom stereocenters. The van der Waals surface area contributed by atoms with Crippen LogP contribution in [0.15, 0.2) is 54.7 Å². The number of piperazine rings is 1. The van der Waals surface area contributed by atoms with Gasteiger partial charge in [-0.2, -0.15) is 13.2 Å². The number of carbonyl (C=O) groups excluding carboxylic acids is 2. The molecule has 1 aliphatic heterocycles. The zero-order chi connectivity index (χ0) is 29.3. The number of alkyl halides is 3. The number of nitrogens with two attached hydrogens (primary N) is 1. The largest absolute Gasteiger partial charge is 0.419 e. The Morgan fingerprint density at radius 1 is 1.05 bits per heavy atom. The molecule has 1 aliphatic carbocycles. The number of nitrogens with one attached hydrogen (secondary N) is 1. The highest BCUT2D eigenvalue weighted by Gasteiger charge is 2.36. The summed E-state index contributed by atoms with van der Waals surface area (Å²) in [7, 11) is 0. The average molecular weight is 570 g/mol. The van der Waals surface area contributed by atoms with E-state index in [1.54, 1.807) is 43.5 Å². The maximum atomic E-state index is 14.0. The van der Waals surface area contributed by atoms with Gasteiger partial charge in [-0.1, -0.05) is 24.3 Å². The fourth-order valence-corrected chi connectivity index (χ4v) is 5.09. The number of anilines is 1. The first-order chi connectivity index (χ1) is 19.5. The summed E-state index contributed by atoms with van der Waals surface area (Å²) in [6.07, 6.45) is -1.29. The summed E-state index contributed by atoms with van der Waals surface area (Å²) in [4.78, 5) is 33.6. The molecule has 3 aromatic rings. The standard InChI is InChI=1S/C30H31F4N5O2/c1-18(19-2-4-20(5-3-19)24-16-25(30(32,33)34)26(31)14-22(24)17-35)37-28(40)27-15-23(8-9-36-27)38-10-12-39(13-11-38)29(41)21-6-7-21/h2-5,8-9,14-16,18,21H,6-7,10-13,17,35H2,1H3,(H,37,40)/t18-/m1/s1. The molecule has 0 spiro atoms. The Morgan fingerprint density at radius 3 is 2.34 bits per heavy atom. The van der Waals surface area contributed by atoms with Gasteiger partial charge in [0.05, 0.1) is 11.6 Å². The number of hydrogen-bond acceptors (Lipinski definition) is 5. The highest BCUT2D eigenvalue weighted by atomic mass is 19.4. The smallest absolute Gasteiger partial charge is 0.368 e. The van der Waals surface area contributed by atoms with Crippen molar-refractivity contribution in [3.63, 3.8) is 0 Å². The van der Waals surface area contributed by atoms with Gasteiger partial charge in [-0.15, -0.1) is 0 Å². The van der Waals surface area contributed by atoms with Gasteiger partial charge in [0, 0.05) is 50.5 Å². The van der Waals surface area contributed by atoms with Crippen LogP contribution in [0.25, 0.3) is 11.1 Å². The quantitative estimate of drug-likeness (QED) is 0.395. The minimum atomic E-state index is -4.83. The van der Waals surface area contributed by atoms with E-state index in [2.05, 4.69) is 15.2 Å². The molecule has 2 amide bonds. The third-order valence-corrected chi connectivity index (χ3v) is 7.65. The number of nitrogens with zero attached hydrogens (tertiary/aromatic N) is 3. The van der Waals surface area contributed by atoms with Gasteiger partial charge >= 0.3 is 6.18 Å². The summed E-state index contributed by atoms with van der Waals surface area (Å²) in [6, 6.07) is 11.4. The molecular weight excluding hydrogens is 538 g/mol. The van der Waals surface area contributed by atoms with Crippen molar-refractivity contribution in [1.29, 1.82) is 0 Å². The Hall–Kier alpha value is -3.99. The van der Waals surface area contributed by atoms with Crippen molar-refractivity contribution in [2.45, 2.75) is 38.5 Å². The summed E-state index contributed by atoms with van der Waals surface area (Å²) < 4.78 is 53.9. The molecule has 3 N–H and O–H groups in total. The first-order valence-corrected chi connectivity index (χ1v) is 13.6. The number of carbonyl (C=O) groups is 2. The zero-order valence-corrected chi connectivity index (χ0v) is 22.5. The number of hydrogen-bond donors (Lipinski definition) is 2. The lowest BCUT2D eigenvalue weighted by Crippen LogP contribution is -2.49. The second-order valence-electron chi connectivity index (χ2n) is 10.5. The van der Waals surface area contributed by atoms with Crippen molar-refractivity contribution < 1.29 is 27.2 Å². The van der Waals surface area contributed by atoms with Gasteiger partial charge in [0.1, 0.15) is 11.5 Å². The zero-order valence-electron chi connectivity index (χ0n) is 22.5. The van der Waals surface area contributed by atoms with E-state index >= 15 is 0 Å². The van der Waals surface area contributed by atoms with E-state index < -0.39 is 23.6 Å². The number of halogens is 4. The number of pyridine rings is 1. The first kappa shape index (κ1) is 28.5. The minimum Gasteiger partial charge on any atom is -0.368 e. The van der Waals surface area contributed by atoms with E-state index in [-0.39, 0.29) is 41.1 Å². The number of aromatic nitrogens is 1. The Morgan fingerprint density at radius 2 is 1.73 bits per heavy atom. The lowest BCUT2D eigenvalue weighted by Gasteiger charge is -2.36. The molecule has 2 heterocycles. The summed E-state index contributed by atoms with van der Waals surface area (Å²) in [5.41, 5.74) is 7.06. The average Bonchev–Trinajstić information content (AvgIpc) is 3.82. The highest BCUT2D eigenvalue weighted by Crippen LogP contribution is 2.36. The first-order valence-electron chi connectivity index (χ1n) is 13.6. The maximum Gasteiger partial charge on any atom is 0.419 e. The topological polar surface area (TPSA) is 91.6 Å². The lowest BCUT2D eigenvalue weighted by atomic mass is 9.95. The van der Waals surface area contributed by atoms with Crippen LogP contribution in [0.1, 0.15) is 53.0 Å². The second-order valence-corrected chi connectivity index (χ2v) is 10.5. The molecule has 2 aromatic carbocycles. The fraction of sp³-hybridized carbons (Fsp3) is 0.367. The Bertz CT molecular complexity index is 1430. The normalized spacial score (nSPS) is 16.4. The van der Waals surface area contributed by atoms with Crippen LogP contribution in [0.3, 0.4) is 0 Å². The molecule has 5 rings (SSSR count). The molecule has 1 saturated carbocycles. The number of amides is 2. The van der Waals surface area contributed by atoms with Gasteiger partial charge in [0.2, 0.25) is 5.91 Å². The van der Waals surface area contributed by atoms with Crippen LogP contribution in [0.4, 0.5) is 23.2 Å². The Labute approximate surface area is 235 Å². The summed E-state index contributed by atoms with van der Waals surface area (Å²) >= 11 is 0. The van der Waals surface area contributed by atoms with E-state index in [1.807, 2.05) is 11.0 Å². The van der Waals surface area contributed by atoms with Crippen LogP contribution in [0.2, 0.25) is 0 Å². The number of benzene rings is 2. The van der Waals surface area contributed by atoms with Crippen LogP contribution in [-0.2, 0) is 17.5 Å². The van der Waals surface area contributed by atoms with E-state index in [0.717, 1.165) is 36.2 Å². The highest BCUT2D eigenvalue weighted by molar-refractivity contribution is 5.93. The van der Waals surface area contributed by atoms with Gasteiger partial charge in [-0.3, -0.25) is 14.6 Å². The predicted octanol–water partition coefficient (Wildman–Crippen LogP) is 4.91. The minimum absolute atomic E-state index is 0.126. The predicted molar refractivity (Wildman–Crippen MR) is 146 cm³/mol. The molecule has 7 nitrogen and oxygen atoms in total. The molecule has 2 fully saturated rings. The molecule has 216 valence electrons. The van der Waals surface area contributed by atoms with Crippen molar-refractivity contribution in [2.75, 3.05) is 31.1 Å². The van der Waals surface area contributed by atoms with Crippen LogP contribution >= 0.6 is 0 Å². The molecule has 41 heavy (non-hydrogen) atoms. The van der Waals surface area contributed by atoms with Crippen molar-refractivity contribution in [3.8, 4) is 11.1 Å². The van der Waals surface area contributed by atoms with Crippen molar-refractivity contribution in [2.24, 2.45) is 11.7 Å². The SMILES string of the molecule is C[C@@H](NC(=O)c1cc(N2CCN(C(=O)C3CC3)CC2)ccn1)c1ccc(-c2cc(C(F)(F)F)c(F)cc2CN)cc1. The molecule has 0 bridgehead atoms. The molecule has 2 aliphatic rings. The van der Waals surface area contributed by atoms with E-state index in [4.69, 9.17) is 5.73 Å². The Balaban J connectivity index is 1.24. The second kappa shape index (κ2) is 11.5. The summed E-state index contributed by atoms with van der Waals surface area (Å²) in [6.45, 7) is 4.31. The summed E-state index contributed by atoms with van der Waals surface area (Å²) in [5, 5.41) is 2.91. The van der Waals surface area contributed by atoms with Crippen LogP contribution < -0.4 is 16.0 Å². The number of rotatable bonds is 7. The van der Waals surface area contributed by atoms with Gasteiger partial charge in [0.25, 0.3) is 5.91 Å². The van der Waals surface area contributed by atoms with Crippen LogP contribution in [0, 0.1) is 11.7 Å². The van der Waals surface area contributed by atoms with E-state index in [9.17, 15) is 27.2 Å². The van der Waals surface area contributed by atoms with Crippen molar-refractivity contribution in [1.82, 2.24) is 15.2 Å². The molecule has 1 saturated heterocycles. The third kappa shape index (κ3) is 6.35. The van der Waals surface area contributed by atoms with Crippen molar-refractivity contribution in [3.05, 3.63) is 82.9 Å². The van der Waals surface area contributed by atoms with Gasteiger partial charge < -0.3 is 20.9 Å². The summed E-state index contributed by atoms with van der Waals surface area (Å²) in [5.74, 6) is -1.29. The van der Waals surface area contributed by atoms with Crippen molar-refractivity contribution >= 4 is 17.5 Å². The molecule has 1 aromatic heterocycles.